The van der Waals surface area contributed by atoms with Gasteiger partial charge in [0.1, 0.15) is 12.4 Å². The maximum absolute atomic E-state index is 12.5. The van der Waals surface area contributed by atoms with E-state index in [1.165, 1.54) is 0 Å². The Bertz CT molecular complexity index is 1000. The molecule has 0 saturated heterocycles. The minimum atomic E-state index is -0.602. The van der Waals surface area contributed by atoms with Gasteiger partial charge in [-0.2, -0.15) is 5.10 Å². The Balaban J connectivity index is 1.79. The molecule has 0 radical (unpaired) electrons. The van der Waals surface area contributed by atoms with E-state index in [0.29, 0.717) is 11.6 Å². The second kappa shape index (κ2) is 8.10. The van der Waals surface area contributed by atoms with Crippen LogP contribution in [0.3, 0.4) is 0 Å². The molecule has 0 bridgehead atoms. The lowest BCUT2D eigenvalue weighted by molar-refractivity contribution is 0.0466. The molecule has 27 heavy (non-hydrogen) atoms. The summed E-state index contributed by atoms with van der Waals surface area (Å²) in [4.78, 5) is 16.8. The average molecular weight is 451 g/mol. The van der Waals surface area contributed by atoms with Gasteiger partial charge in [-0.05, 0) is 65.7 Å². The number of nitrogens with zero attached hydrogens (tertiary/aromatic N) is 3. The second-order valence-electron chi connectivity index (χ2n) is 5.88. The highest BCUT2D eigenvalue weighted by Gasteiger charge is 2.17. The molecule has 0 aliphatic rings. The lowest BCUT2D eigenvalue weighted by Gasteiger charge is -2.10. The first-order valence-corrected chi connectivity index (χ1v) is 9.26. The molecule has 0 unspecified atom stereocenters. The van der Waals surface area contributed by atoms with Gasteiger partial charge in [0.2, 0.25) is 0 Å². The van der Waals surface area contributed by atoms with Crippen molar-refractivity contribution in [3.63, 3.8) is 0 Å². The first-order valence-electron chi connectivity index (χ1n) is 8.08. The quantitative estimate of drug-likeness (QED) is 0.529. The molecule has 1 aromatic carbocycles. The maximum Gasteiger partial charge on any atom is 0.358 e. The Kier molecular flexibility index (Phi) is 5.82. The van der Waals surface area contributed by atoms with Gasteiger partial charge in [0.05, 0.1) is 22.3 Å². The molecule has 0 aliphatic carbocycles. The van der Waals surface area contributed by atoms with Crippen molar-refractivity contribution in [2.24, 2.45) is 0 Å². The van der Waals surface area contributed by atoms with Gasteiger partial charge in [0, 0.05) is 5.69 Å². The number of pyridine rings is 1. The maximum atomic E-state index is 12.5. The minimum absolute atomic E-state index is 0.0503. The van der Waals surface area contributed by atoms with Crippen LogP contribution in [0.2, 0.25) is 5.02 Å². The van der Waals surface area contributed by atoms with Gasteiger partial charge in [0.15, 0.2) is 11.5 Å². The number of carbonyl (C=O) groups excluding carboxylic acids is 1. The molecule has 3 aromatic rings. The van der Waals surface area contributed by atoms with Gasteiger partial charge >= 0.3 is 5.97 Å². The Morgan fingerprint density at radius 3 is 2.63 bits per heavy atom. The van der Waals surface area contributed by atoms with Crippen LogP contribution < -0.4 is 4.74 Å². The van der Waals surface area contributed by atoms with Gasteiger partial charge < -0.3 is 9.47 Å². The van der Waals surface area contributed by atoms with Crippen LogP contribution in [0.15, 0.2) is 40.9 Å². The molecule has 0 spiro atoms. The first-order chi connectivity index (χ1) is 12.9. The van der Waals surface area contributed by atoms with Gasteiger partial charge in [-0.1, -0.05) is 17.7 Å². The first kappa shape index (κ1) is 19.4. The summed E-state index contributed by atoms with van der Waals surface area (Å²) in [6, 6.07) is 10.7. The largest absolute Gasteiger partial charge is 0.496 e. The van der Waals surface area contributed by atoms with Gasteiger partial charge in [-0.25, -0.2) is 14.5 Å². The average Bonchev–Trinajstić information content (AvgIpc) is 2.98. The predicted octanol–water partition coefficient (Wildman–Crippen LogP) is 4.67. The Morgan fingerprint density at radius 1 is 1.22 bits per heavy atom. The van der Waals surface area contributed by atoms with Gasteiger partial charge in [0.25, 0.3) is 0 Å². The fourth-order valence-corrected chi connectivity index (χ4v) is 3.34. The standard InChI is InChI=1S/C19H17BrClN3O3/c1-11-8-12(2)24(23-11)17-7-5-15(21)18(22-17)19(25)27-10-13-4-6-16(26-3)14(20)9-13/h4-9H,10H2,1-3H3. The zero-order valence-electron chi connectivity index (χ0n) is 15.0. The van der Waals surface area contributed by atoms with Crippen molar-refractivity contribution in [1.82, 2.24) is 14.8 Å². The zero-order chi connectivity index (χ0) is 19.6. The molecule has 0 atom stereocenters. The highest BCUT2D eigenvalue weighted by Crippen LogP contribution is 2.26. The normalized spacial score (nSPS) is 10.7. The molecule has 8 heteroatoms. The highest BCUT2D eigenvalue weighted by atomic mass is 79.9. The third kappa shape index (κ3) is 4.31. The molecule has 2 aromatic heterocycles. The summed E-state index contributed by atoms with van der Waals surface area (Å²) in [7, 11) is 1.59. The van der Waals surface area contributed by atoms with Crippen LogP contribution >= 0.6 is 27.5 Å². The number of aryl methyl sites for hydroxylation is 2. The molecular formula is C19H17BrClN3O3. The molecule has 0 aliphatic heterocycles. The zero-order valence-corrected chi connectivity index (χ0v) is 17.3. The summed E-state index contributed by atoms with van der Waals surface area (Å²) in [5.41, 5.74) is 2.62. The van der Waals surface area contributed by atoms with Crippen molar-refractivity contribution in [3.8, 4) is 11.6 Å². The van der Waals surface area contributed by atoms with Crippen molar-refractivity contribution in [1.29, 1.82) is 0 Å². The fraction of sp³-hybridized carbons (Fsp3) is 0.211. The van der Waals surface area contributed by atoms with E-state index in [1.54, 1.807) is 30.0 Å². The van der Waals surface area contributed by atoms with Gasteiger partial charge in [-0.3, -0.25) is 0 Å². The molecule has 6 nitrogen and oxygen atoms in total. The van der Waals surface area contributed by atoms with E-state index in [9.17, 15) is 4.79 Å². The number of benzene rings is 1. The van der Waals surface area contributed by atoms with E-state index >= 15 is 0 Å². The molecule has 0 N–H and O–H groups in total. The van der Waals surface area contributed by atoms with Crippen molar-refractivity contribution < 1.29 is 14.3 Å². The van der Waals surface area contributed by atoms with E-state index in [-0.39, 0.29) is 17.3 Å². The number of esters is 1. The van der Waals surface area contributed by atoms with Gasteiger partial charge in [-0.15, -0.1) is 0 Å². The number of carbonyl (C=O) groups is 1. The molecular weight excluding hydrogens is 434 g/mol. The van der Waals surface area contributed by atoms with Crippen LogP contribution in [-0.4, -0.2) is 27.8 Å². The second-order valence-corrected chi connectivity index (χ2v) is 7.15. The molecule has 0 saturated carbocycles. The Labute approximate surface area is 170 Å². The predicted molar refractivity (Wildman–Crippen MR) is 106 cm³/mol. The van der Waals surface area contributed by atoms with Crippen LogP contribution in [-0.2, 0) is 11.3 Å². The van der Waals surface area contributed by atoms with E-state index < -0.39 is 5.97 Å². The van der Waals surface area contributed by atoms with Crippen LogP contribution in [0.1, 0.15) is 27.4 Å². The summed E-state index contributed by atoms with van der Waals surface area (Å²) in [6.45, 7) is 3.89. The summed E-state index contributed by atoms with van der Waals surface area (Å²) in [5, 5.41) is 4.60. The number of ether oxygens (including phenoxy) is 2. The Morgan fingerprint density at radius 2 is 2.00 bits per heavy atom. The lowest BCUT2D eigenvalue weighted by Crippen LogP contribution is -2.11. The molecule has 2 heterocycles. The number of hydrogen-bond acceptors (Lipinski definition) is 5. The van der Waals surface area contributed by atoms with Crippen LogP contribution in [0.25, 0.3) is 5.82 Å². The van der Waals surface area contributed by atoms with Crippen LogP contribution in [0.5, 0.6) is 5.75 Å². The number of hydrogen-bond donors (Lipinski definition) is 0. The summed E-state index contributed by atoms with van der Waals surface area (Å²) >= 11 is 9.56. The van der Waals surface area contributed by atoms with E-state index in [4.69, 9.17) is 21.1 Å². The molecule has 3 rings (SSSR count). The fourth-order valence-electron chi connectivity index (χ4n) is 2.57. The number of methoxy groups -OCH3 is 1. The monoisotopic (exact) mass is 449 g/mol. The minimum Gasteiger partial charge on any atom is -0.496 e. The molecule has 140 valence electrons. The van der Waals surface area contributed by atoms with Crippen molar-refractivity contribution >= 4 is 33.5 Å². The number of aromatic nitrogens is 3. The van der Waals surface area contributed by atoms with Crippen molar-refractivity contribution in [3.05, 3.63) is 68.5 Å². The summed E-state index contributed by atoms with van der Waals surface area (Å²) in [5.74, 6) is 0.604. The Hall–Kier alpha value is -2.38. The summed E-state index contributed by atoms with van der Waals surface area (Å²) < 4.78 is 13.0. The van der Waals surface area contributed by atoms with Crippen molar-refractivity contribution in [2.45, 2.75) is 20.5 Å². The van der Waals surface area contributed by atoms with E-state index in [0.717, 1.165) is 21.4 Å². The summed E-state index contributed by atoms with van der Waals surface area (Å²) in [6.07, 6.45) is 0. The van der Waals surface area contributed by atoms with E-state index in [2.05, 4.69) is 26.0 Å². The van der Waals surface area contributed by atoms with E-state index in [1.807, 2.05) is 32.0 Å². The number of rotatable bonds is 5. The SMILES string of the molecule is COc1ccc(COC(=O)c2nc(-n3nc(C)cc3C)ccc2Cl)cc1Br. The highest BCUT2D eigenvalue weighted by molar-refractivity contribution is 9.10. The van der Waals surface area contributed by atoms with Crippen molar-refractivity contribution in [2.75, 3.05) is 7.11 Å². The van der Waals surface area contributed by atoms with Crippen LogP contribution in [0, 0.1) is 13.8 Å². The smallest absolute Gasteiger partial charge is 0.358 e. The number of halogens is 2. The molecule has 0 fully saturated rings. The third-order valence-corrected chi connectivity index (χ3v) is 4.76. The molecule has 0 amide bonds. The lowest BCUT2D eigenvalue weighted by atomic mass is 10.2. The third-order valence-electron chi connectivity index (χ3n) is 3.84. The topological polar surface area (TPSA) is 66.2 Å². The van der Waals surface area contributed by atoms with Crippen LogP contribution in [0.4, 0.5) is 0 Å².